The Kier molecular flexibility index (Phi) is 4.80. The van der Waals surface area contributed by atoms with Gasteiger partial charge in [-0.05, 0) is 48.6 Å². The summed E-state index contributed by atoms with van der Waals surface area (Å²) in [5.41, 5.74) is 0.463. The van der Waals surface area contributed by atoms with Gasteiger partial charge in [0, 0.05) is 12.7 Å². The fourth-order valence-corrected chi connectivity index (χ4v) is 2.93. The van der Waals surface area contributed by atoms with Gasteiger partial charge in [-0.3, -0.25) is 14.5 Å². The zero-order valence-electron chi connectivity index (χ0n) is 13.4. The zero-order valence-corrected chi connectivity index (χ0v) is 14.3. The van der Waals surface area contributed by atoms with Gasteiger partial charge < -0.3 is 14.6 Å². The van der Waals surface area contributed by atoms with Gasteiger partial charge >= 0.3 is 0 Å². The van der Waals surface area contributed by atoms with E-state index in [1.807, 2.05) is 0 Å². The lowest BCUT2D eigenvalue weighted by molar-refractivity contribution is -0.130. The quantitative estimate of drug-likeness (QED) is 0.829. The molecule has 0 spiro atoms. The maximum atomic E-state index is 12.9. The predicted molar refractivity (Wildman–Crippen MR) is 93.1 cm³/mol. The molecule has 1 N–H and O–H groups in total. The number of thiocarbonyl (C=S) groups is 1. The summed E-state index contributed by atoms with van der Waals surface area (Å²) in [5.74, 6) is -0.340. The van der Waals surface area contributed by atoms with E-state index in [2.05, 4.69) is 5.32 Å². The van der Waals surface area contributed by atoms with Crippen molar-refractivity contribution in [1.29, 1.82) is 0 Å². The number of rotatable bonds is 5. The van der Waals surface area contributed by atoms with Gasteiger partial charge in [-0.2, -0.15) is 0 Å². The Labute approximate surface area is 149 Å². The number of carbonyl (C=O) groups is 2. The fourth-order valence-electron chi connectivity index (χ4n) is 2.64. The molecular formula is C17H16FN3O3S. The number of amides is 2. The highest BCUT2D eigenvalue weighted by molar-refractivity contribution is 7.80. The topological polar surface area (TPSA) is 65.8 Å². The van der Waals surface area contributed by atoms with Crippen LogP contribution >= 0.6 is 12.2 Å². The van der Waals surface area contributed by atoms with E-state index < -0.39 is 6.04 Å². The summed E-state index contributed by atoms with van der Waals surface area (Å²) < 4.78 is 18.2. The highest BCUT2D eigenvalue weighted by Gasteiger charge is 2.41. The van der Waals surface area contributed by atoms with Crippen LogP contribution in [0.2, 0.25) is 0 Å². The van der Waals surface area contributed by atoms with Crippen LogP contribution in [-0.4, -0.2) is 39.8 Å². The van der Waals surface area contributed by atoms with Crippen molar-refractivity contribution in [2.24, 2.45) is 0 Å². The number of anilines is 1. The number of nitrogens with one attached hydrogen (secondary N) is 1. The Morgan fingerprint density at radius 1 is 1.32 bits per heavy atom. The summed E-state index contributed by atoms with van der Waals surface area (Å²) >= 11 is 5.30. The first-order valence-corrected chi connectivity index (χ1v) is 8.02. The van der Waals surface area contributed by atoms with Gasteiger partial charge in [0.1, 0.15) is 17.6 Å². The molecular weight excluding hydrogens is 345 g/mol. The molecule has 1 aliphatic heterocycles. The van der Waals surface area contributed by atoms with E-state index in [9.17, 15) is 14.0 Å². The maximum absolute atomic E-state index is 12.9. The van der Waals surface area contributed by atoms with Crippen LogP contribution in [0, 0.1) is 5.82 Å². The molecule has 0 bridgehead atoms. The van der Waals surface area contributed by atoms with E-state index in [-0.39, 0.29) is 24.1 Å². The lowest BCUT2D eigenvalue weighted by Gasteiger charge is -2.22. The van der Waals surface area contributed by atoms with E-state index in [4.69, 9.17) is 16.6 Å². The summed E-state index contributed by atoms with van der Waals surface area (Å²) in [4.78, 5) is 27.7. The van der Waals surface area contributed by atoms with Gasteiger partial charge in [-0.15, -0.1) is 0 Å². The summed E-state index contributed by atoms with van der Waals surface area (Å²) in [7, 11) is 1.58. The standard InChI is InChI=1S/C17H16FN3O3S/c1-20-16(23)14(21(17(20)25)10-13-3-2-8-24-13)9-15(22)19-12-6-4-11(18)5-7-12/h2-8,14H,9-10H2,1H3,(H,19,22)/t14-/m0/s1. The second-order valence-corrected chi connectivity index (χ2v) is 6.03. The number of carbonyl (C=O) groups excluding carboxylic acids is 2. The summed E-state index contributed by atoms with van der Waals surface area (Å²) in [5, 5.41) is 3.00. The van der Waals surface area contributed by atoms with Gasteiger partial charge in [0.15, 0.2) is 5.11 Å². The molecule has 8 heteroatoms. The van der Waals surface area contributed by atoms with E-state index in [1.54, 1.807) is 24.1 Å². The second-order valence-electron chi connectivity index (χ2n) is 5.66. The summed E-state index contributed by atoms with van der Waals surface area (Å²) in [6, 6.07) is 8.24. The van der Waals surface area contributed by atoms with Crippen LogP contribution in [-0.2, 0) is 16.1 Å². The number of benzene rings is 1. The van der Waals surface area contributed by atoms with Crippen LogP contribution in [0.5, 0.6) is 0 Å². The highest BCUT2D eigenvalue weighted by atomic mass is 32.1. The molecule has 1 saturated heterocycles. The molecule has 0 aliphatic carbocycles. The van der Waals surface area contributed by atoms with Crippen LogP contribution in [0.3, 0.4) is 0 Å². The number of hydrogen-bond donors (Lipinski definition) is 1. The minimum absolute atomic E-state index is 0.0681. The van der Waals surface area contributed by atoms with Crippen molar-refractivity contribution in [3.8, 4) is 0 Å². The molecule has 2 aromatic rings. The molecule has 130 valence electrons. The predicted octanol–water partition coefficient (Wildman–Crippen LogP) is 2.38. The highest BCUT2D eigenvalue weighted by Crippen LogP contribution is 2.23. The normalized spacial score (nSPS) is 17.3. The minimum Gasteiger partial charge on any atom is -0.467 e. The number of halogens is 1. The number of likely N-dealkylation sites (N-methyl/N-ethyl adjacent to an activating group) is 1. The molecule has 1 fully saturated rings. The lowest BCUT2D eigenvalue weighted by atomic mass is 10.1. The van der Waals surface area contributed by atoms with Crippen molar-refractivity contribution in [2.75, 3.05) is 12.4 Å². The van der Waals surface area contributed by atoms with E-state index in [0.29, 0.717) is 23.1 Å². The third-order valence-electron chi connectivity index (χ3n) is 3.94. The Morgan fingerprint density at radius 3 is 2.68 bits per heavy atom. The van der Waals surface area contributed by atoms with Crippen molar-refractivity contribution >= 4 is 34.8 Å². The minimum atomic E-state index is -0.706. The Balaban J connectivity index is 1.71. The molecule has 1 aromatic heterocycles. The maximum Gasteiger partial charge on any atom is 0.251 e. The molecule has 0 radical (unpaired) electrons. The first kappa shape index (κ1) is 17.1. The van der Waals surface area contributed by atoms with Gasteiger partial charge in [0.05, 0.1) is 19.2 Å². The first-order valence-electron chi connectivity index (χ1n) is 7.61. The Morgan fingerprint density at radius 2 is 2.04 bits per heavy atom. The number of nitrogens with zero attached hydrogens (tertiary/aromatic N) is 2. The van der Waals surface area contributed by atoms with Crippen LogP contribution in [0.1, 0.15) is 12.2 Å². The van der Waals surface area contributed by atoms with Crippen LogP contribution in [0.4, 0.5) is 10.1 Å². The average molecular weight is 361 g/mol. The Bertz CT molecular complexity index is 792. The largest absolute Gasteiger partial charge is 0.467 e. The van der Waals surface area contributed by atoms with Gasteiger partial charge in [0.25, 0.3) is 5.91 Å². The lowest BCUT2D eigenvalue weighted by Crippen LogP contribution is -2.37. The molecule has 6 nitrogen and oxygen atoms in total. The third-order valence-corrected chi connectivity index (χ3v) is 4.45. The van der Waals surface area contributed by atoms with Crippen molar-refractivity contribution in [3.05, 3.63) is 54.2 Å². The van der Waals surface area contributed by atoms with E-state index in [1.165, 1.54) is 35.4 Å². The van der Waals surface area contributed by atoms with Gasteiger partial charge in [0.2, 0.25) is 5.91 Å². The van der Waals surface area contributed by atoms with Crippen molar-refractivity contribution < 1.29 is 18.4 Å². The third kappa shape index (κ3) is 3.69. The van der Waals surface area contributed by atoms with Crippen LogP contribution < -0.4 is 5.32 Å². The number of furan rings is 1. The second kappa shape index (κ2) is 7.02. The number of hydrogen-bond acceptors (Lipinski definition) is 4. The van der Waals surface area contributed by atoms with E-state index in [0.717, 1.165) is 0 Å². The SMILES string of the molecule is CN1C(=O)[C@H](CC(=O)Nc2ccc(F)cc2)N(Cc2ccco2)C1=S. The van der Waals surface area contributed by atoms with E-state index >= 15 is 0 Å². The van der Waals surface area contributed by atoms with Crippen LogP contribution in [0.15, 0.2) is 47.1 Å². The molecule has 1 aromatic carbocycles. The van der Waals surface area contributed by atoms with Crippen molar-refractivity contribution in [2.45, 2.75) is 19.0 Å². The van der Waals surface area contributed by atoms with Crippen molar-refractivity contribution in [1.82, 2.24) is 9.80 Å². The molecule has 0 unspecified atom stereocenters. The average Bonchev–Trinajstić information content (AvgIpc) is 3.17. The molecule has 0 saturated carbocycles. The van der Waals surface area contributed by atoms with Gasteiger partial charge in [-0.25, -0.2) is 4.39 Å². The molecule has 1 aliphatic rings. The van der Waals surface area contributed by atoms with Crippen LogP contribution in [0.25, 0.3) is 0 Å². The molecule has 1 atom stereocenters. The Hall–Kier alpha value is -2.74. The monoisotopic (exact) mass is 361 g/mol. The first-order chi connectivity index (χ1) is 12.0. The summed E-state index contributed by atoms with van der Waals surface area (Å²) in [6.45, 7) is 0.302. The van der Waals surface area contributed by atoms with Crippen molar-refractivity contribution in [3.63, 3.8) is 0 Å². The zero-order chi connectivity index (χ0) is 18.0. The molecule has 2 amide bonds. The summed E-state index contributed by atoms with van der Waals surface area (Å²) in [6.07, 6.45) is 1.47. The van der Waals surface area contributed by atoms with Gasteiger partial charge in [-0.1, -0.05) is 0 Å². The fraction of sp³-hybridized carbons (Fsp3) is 0.235. The molecule has 25 heavy (non-hydrogen) atoms. The smallest absolute Gasteiger partial charge is 0.251 e. The molecule has 3 rings (SSSR count). The molecule has 2 heterocycles.